The topological polar surface area (TPSA) is 98.5 Å². The zero-order valence-electron chi connectivity index (χ0n) is 12.9. The Morgan fingerprint density at radius 1 is 1.39 bits per heavy atom. The van der Waals surface area contributed by atoms with Gasteiger partial charge in [0.05, 0.1) is 11.0 Å². The molecule has 0 saturated heterocycles. The summed E-state index contributed by atoms with van der Waals surface area (Å²) in [5.74, 6) is 2.52. The Balaban J connectivity index is 2.55. The van der Waals surface area contributed by atoms with Crippen LogP contribution in [-0.4, -0.2) is 33.1 Å². The van der Waals surface area contributed by atoms with E-state index in [4.69, 9.17) is 11.2 Å². The minimum atomic E-state index is -3.91. The average molecular weight is 340 g/mol. The molecule has 0 aliphatic heterocycles. The zero-order valence-corrected chi connectivity index (χ0v) is 13.7. The van der Waals surface area contributed by atoms with Crippen molar-refractivity contribution < 1.29 is 18.1 Å². The molecule has 1 unspecified atom stereocenters. The molecule has 0 saturated carbocycles. The Morgan fingerprint density at radius 2 is 2.09 bits per heavy atom. The minimum absolute atomic E-state index is 0.0354. The SMILES string of the molecule is C#CCC(CCCCNS(=O)(=O)c1ccccc1[N+](=O)[O-])OC. The number of sulfonamides is 1. The Labute approximate surface area is 136 Å². The van der Waals surface area contributed by atoms with Crippen LogP contribution in [-0.2, 0) is 14.8 Å². The van der Waals surface area contributed by atoms with E-state index in [0.29, 0.717) is 12.8 Å². The second-order valence-electron chi connectivity index (χ2n) is 4.88. The number of para-hydroxylation sites is 1. The molecule has 0 aliphatic carbocycles. The maximum absolute atomic E-state index is 12.1. The molecule has 1 aromatic rings. The molecule has 0 spiro atoms. The number of rotatable bonds is 10. The maximum Gasteiger partial charge on any atom is 0.289 e. The van der Waals surface area contributed by atoms with Gasteiger partial charge in [-0.25, -0.2) is 13.1 Å². The van der Waals surface area contributed by atoms with Crippen LogP contribution in [0, 0.1) is 22.5 Å². The van der Waals surface area contributed by atoms with E-state index in [1.807, 2.05) is 0 Å². The van der Waals surface area contributed by atoms with E-state index >= 15 is 0 Å². The summed E-state index contributed by atoms with van der Waals surface area (Å²) in [6, 6.07) is 5.25. The van der Waals surface area contributed by atoms with Gasteiger partial charge in [-0.05, 0) is 25.3 Å². The summed E-state index contributed by atoms with van der Waals surface area (Å²) in [5, 5.41) is 10.9. The van der Waals surface area contributed by atoms with Gasteiger partial charge >= 0.3 is 0 Å². The number of nitrogens with one attached hydrogen (secondary N) is 1. The standard InChI is InChI=1S/C15H20N2O5S/c1-3-8-13(22-2)9-6-7-12-16-23(20,21)15-11-5-4-10-14(15)17(18)19/h1,4-5,10-11,13,16H,6-9,12H2,2H3. The van der Waals surface area contributed by atoms with Crippen LogP contribution in [0.25, 0.3) is 0 Å². The van der Waals surface area contributed by atoms with Crippen molar-refractivity contribution in [3.8, 4) is 12.3 Å². The molecule has 1 N–H and O–H groups in total. The summed E-state index contributed by atoms with van der Waals surface area (Å²) in [7, 11) is -2.33. The minimum Gasteiger partial charge on any atom is -0.380 e. The largest absolute Gasteiger partial charge is 0.380 e. The average Bonchev–Trinajstić information content (AvgIpc) is 2.53. The van der Waals surface area contributed by atoms with E-state index in [2.05, 4.69) is 10.6 Å². The third kappa shape index (κ3) is 5.98. The zero-order chi connectivity index (χ0) is 17.3. The number of nitro benzene ring substituents is 1. The number of unbranched alkanes of at least 4 members (excludes halogenated alkanes) is 1. The lowest BCUT2D eigenvalue weighted by Crippen LogP contribution is -2.25. The van der Waals surface area contributed by atoms with Gasteiger partial charge in [-0.3, -0.25) is 10.1 Å². The molecule has 0 heterocycles. The first-order chi connectivity index (χ1) is 10.9. The van der Waals surface area contributed by atoms with Gasteiger partial charge in [-0.15, -0.1) is 12.3 Å². The van der Waals surface area contributed by atoms with Crippen LogP contribution in [0.4, 0.5) is 5.69 Å². The Hall–Kier alpha value is -1.95. The highest BCUT2D eigenvalue weighted by atomic mass is 32.2. The predicted molar refractivity (Wildman–Crippen MR) is 86.4 cm³/mol. The van der Waals surface area contributed by atoms with Gasteiger partial charge in [0, 0.05) is 26.1 Å². The van der Waals surface area contributed by atoms with Crippen LogP contribution in [0.5, 0.6) is 0 Å². The Morgan fingerprint density at radius 3 is 2.70 bits per heavy atom. The molecule has 1 atom stereocenters. The van der Waals surface area contributed by atoms with Gasteiger partial charge < -0.3 is 4.74 Å². The van der Waals surface area contributed by atoms with Gasteiger partial charge in [0.2, 0.25) is 10.0 Å². The first-order valence-corrected chi connectivity index (χ1v) is 8.60. The lowest BCUT2D eigenvalue weighted by Gasteiger charge is -2.12. The van der Waals surface area contributed by atoms with Crippen LogP contribution in [0.1, 0.15) is 25.7 Å². The molecule has 8 heteroatoms. The number of nitro groups is 1. The molecule has 0 aliphatic rings. The molecule has 0 fully saturated rings. The maximum atomic E-state index is 12.1. The molecule has 23 heavy (non-hydrogen) atoms. The third-order valence-corrected chi connectivity index (χ3v) is 4.78. The summed E-state index contributed by atoms with van der Waals surface area (Å²) < 4.78 is 31.9. The monoisotopic (exact) mass is 340 g/mol. The van der Waals surface area contributed by atoms with Crippen molar-refractivity contribution in [3.63, 3.8) is 0 Å². The molecular weight excluding hydrogens is 320 g/mol. The van der Waals surface area contributed by atoms with E-state index in [9.17, 15) is 18.5 Å². The first-order valence-electron chi connectivity index (χ1n) is 7.11. The summed E-state index contributed by atoms with van der Waals surface area (Å²) >= 11 is 0. The number of nitrogens with zero attached hydrogens (tertiary/aromatic N) is 1. The van der Waals surface area contributed by atoms with Crippen molar-refractivity contribution in [1.82, 2.24) is 4.72 Å². The highest BCUT2D eigenvalue weighted by molar-refractivity contribution is 7.89. The molecule has 0 aromatic heterocycles. The number of terminal acetylenes is 1. The van der Waals surface area contributed by atoms with Gasteiger partial charge in [-0.1, -0.05) is 12.1 Å². The van der Waals surface area contributed by atoms with Gasteiger partial charge in [0.1, 0.15) is 0 Å². The molecule has 1 aromatic carbocycles. The molecule has 0 radical (unpaired) electrons. The van der Waals surface area contributed by atoms with E-state index in [-0.39, 0.29) is 17.5 Å². The molecular formula is C15H20N2O5S. The van der Waals surface area contributed by atoms with Crippen LogP contribution in [0.2, 0.25) is 0 Å². The smallest absolute Gasteiger partial charge is 0.289 e. The molecule has 1 rings (SSSR count). The number of hydrogen-bond donors (Lipinski definition) is 1. The van der Waals surface area contributed by atoms with Crippen molar-refractivity contribution >= 4 is 15.7 Å². The van der Waals surface area contributed by atoms with Crippen molar-refractivity contribution in [3.05, 3.63) is 34.4 Å². The predicted octanol–water partition coefficient (Wildman–Crippen LogP) is 2.08. The van der Waals surface area contributed by atoms with Crippen molar-refractivity contribution in [2.75, 3.05) is 13.7 Å². The Kier molecular flexibility index (Phi) is 7.68. The Bertz CT molecular complexity index is 667. The molecule has 126 valence electrons. The normalized spacial score (nSPS) is 12.5. The third-order valence-electron chi connectivity index (χ3n) is 3.28. The number of hydrogen-bond acceptors (Lipinski definition) is 5. The quantitative estimate of drug-likeness (QED) is 0.304. The molecule has 7 nitrogen and oxygen atoms in total. The fourth-order valence-electron chi connectivity index (χ4n) is 2.05. The van der Waals surface area contributed by atoms with E-state index < -0.39 is 20.6 Å². The van der Waals surface area contributed by atoms with Crippen LogP contribution in [0.3, 0.4) is 0 Å². The summed E-state index contributed by atoms with van der Waals surface area (Å²) in [5.41, 5.74) is -0.437. The highest BCUT2D eigenvalue weighted by Crippen LogP contribution is 2.22. The fraction of sp³-hybridized carbons (Fsp3) is 0.467. The summed E-state index contributed by atoms with van der Waals surface area (Å²) in [6.07, 6.45) is 7.75. The highest BCUT2D eigenvalue weighted by Gasteiger charge is 2.24. The number of benzene rings is 1. The van der Waals surface area contributed by atoms with Gasteiger partial charge in [0.25, 0.3) is 5.69 Å². The second-order valence-corrected chi connectivity index (χ2v) is 6.62. The number of ether oxygens (including phenoxy) is 1. The fourth-order valence-corrected chi connectivity index (χ4v) is 3.30. The molecule has 0 amide bonds. The van der Waals surface area contributed by atoms with E-state index in [0.717, 1.165) is 18.9 Å². The lowest BCUT2D eigenvalue weighted by atomic mass is 10.1. The molecule has 0 bridgehead atoms. The van der Waals surface area contributed by atoms with E-state index in [1.165, 1.54) is 18.2 Å². The van der Waals surface area contributed by atoms with Crippen molar-refractivity contribution in [2.45, 2.75) is 36.7 Å². The second kappa shape index (κ2) is 9.25. The van der Waals surface area contributed by atoms with E-state index in [1.54, 1.807) is 7.11 Å². The summed E-state index contributed by atoms with van der Waals surface area (Å²) in [4.78, 5) is 9.86. The van der Waals surface area contributed by atoms with Crippen LogP contribution in [0.15, 0.2) is 29.2 Å². The van der Waals surface area contributed by atoms with Crippen molar-refractivity contribution in [1.29, 1.82) is 0 Å². The van der Waals surface area contributed by atoms with Gasteiger partial charge in [0.15, 0.2) is 4.90 Å². The van der Waals surface area contributed by atoms with Gasteiger partial charge in [-0.2, -0.15) is 0 Å². The lowest BCUT2D eigenvalue weighted by molar-refractivity contribution is -0.387. The summed E-state index contributed by atoms with van der Waals surface area (Å²) in [6.45, 7) is 0.195. The first kappa shape index (κ1) is 19.1. The van der Waals surface area contributed by atoms with Crippen LogP contribution >= 0.6 is 0 Å². The van der Waals surface area contributed by atoms with Crippen LogP contribution < -0.4 is 4.72 Å². The number of methoxy groups -OCH3 is 1. The van der Waals surface area contributed by atoms with Crippen molar-refractivity contribution in [2.24, 2.45) is 0 Å².